The van der Waals surface area contributed by atoms with Gasteiger partial charge in [0.2, 0.25) is 0 Å². The van der Waals surface area contributed by atoms with E-state index in [1.54, 1.807) is 6.92 Å². The summed E-state index contributed by atoms with van der Waals surface area (Å²) in [5, 5.41) is 0. The molecule has 0 aromatic heterocycles. The molecule has 0 radical (unpaired) electrons. The predicted molar refractivity (Wildman–Crippen MR) is 45.5 cm³/mol. The number of ether oxygens (including phenoxy) is 3. The Bertz CT molecular complexity index is 241. The fourth-order valence-corrected chi connectivity index (χ4v) is 0.416. The van der Waals surface area contributed by atoms with Crippen molar-refractivity contribution in [3.63, 3.8) is 0 Å². The quantitative estimate of drug-likeness (QED) is 0.367. The van der Waals surface area contributed by atoms with Crippen molar-refractivity contribution in [2.24, 2.45) is 0 Å². The molecular weight excluding hydrogens is 172 g/mol. The Balaban J connectivity index is 3.40. The first-order valence-corrected chi connectivity index (χ1v) is 3.64. The van der Waals surface area contributed by atoms with Crippen LogP contribution >= 0.6 is 0 Å². The van der Waals surface area contributed by atoms with Crippen LogP contribution < -0.4 is 0 Å². The molecular formula is C9H10O4. The molecule has 0 aliphatic carbocycles. The topological polar surface area (TPSA) is 44.8 Å². The van der Waals surface area contributed by atoms with Gasteiger partial charge in [-0.25, -0.2) is 4.79 Å². The Morgan fingerprint density at radius 3 is 2.85 bits per heavy atom. The highest BCUT2D eigenvalue weighted by molar-refractivity contribution is 5.61. The van der Waals surface area contributed by atoms with Crippen molar-refractivity contribution in [2.45, 2.75) is 6.92 Å². The highest BCUT2D eigenvalue weighted by Gasteiger charge is 1.96. The van der Waals surface area contributed by atoms with Crippen molar-refractivity contribution in [3.05, 3.63) is 0 Å². The molecule has 0 saturated heterocycles. The number of hydrogen-bond acceptors (Lipinski definition) is 4. The van der Waals surface area contributed by atoms with Crippen molar-refractivity contribution in [1.29, 1.82) is 0 Å². The Labute approximate surface area is 77.2 Å². The molecule has 0 heterocycles. The molecule has 70 valence electrons. The van der Waals surface area contributed by atoms with Crippen molar-refractivity contribution in [3.8, 4) is 24.4 Å². The minimum Gasteiger partial charge on any atom is -0.434 e. The van der Waals surface area contributed by atoms with Crippen LogP contribution in [0.4, 0.5) is 4.79 Å². The third kappa shape index (κ3) is 8.25. The van der Waals surface area contributed by atoms with Gasteiger partial charge in [0.15, 0.2) is 0 Å². The molecule has 4 nitrogen and oxygen atoms in total. The summed E-state index contributed by atoms with van der Waals surface area (Å²) in [6.07, 6.45) is 6.20. The average Bonchev–Trinajstić information content (AvgIpc) is 2.11. The lowest BCUT2D eigenvalue weighted by Crippen LogP contribution is -2.03. The van der Waals surface area contributed by atoms with E-state index in [-0.39, 0.29) is 19.8 Å². The molecule has 4 heteroatoms. The molecule has 0 aromatic carbocycles. The van der Waals surface area contributed by atoms with E-state index >= 15 is 0 Å². The first kappa shape index (κ1) is 11.4. The van der Waals surface area contributed by atoms with E-state index in [1.165, 1.54) is 0 Å². The predicted octanol–water partition coefficient (Wildman–Crippen LogP) is 0.770. The second-order valence-electron chi connectivity index (χ2n) is 1.76. The van der Waals surface area contributed by atoms with Crippen LogP contribution in [0, 0.1) is 24.4 Å². The molecule has 0 N–H and O–H groups in total. The van der Waals surface area contributed by atoms with Crippen LogP contribution in [0.25, 0.3) is 0 Å². The van der Waals surface area contributed by atoms with Crippen LogP contribution in [-0.2, 0) is 14.2 Å². The average molecular weight is 182 g/mol. The van der Waals surface area contributed by atoms with Gasteiger partial charge in [-0.15, -0.1) is 6.42 Å². The lowest BCUT2D eigenvalue weighted by Gasteiger charge is -1.94. The number of carbonyl (C=O) groups is 1. The molecule has 0 unspecified atom stereocenters. The van der Waals surface area contributed by atoms with Gasteiger partial charge in [-0.05, 0) is 12.8 Å². The Morgan fingerprint density at radius 1 is 1.46 bits per heavy atom. The zero-order valence-electron chi connectivity index (χ0n) is 7.33. The van der Waals surface area contributed by atoms with E-state index in [9.17, 15) is 4.79 Å². The molecule has 0 saturated carbocycles. The van der Waals surface area contributed by atoms with Gasteiger partial charge >= 0.3 is 6.16 Å². The van der Waals surface area contributed by atoms with Gasteiger partial charge in [-0.1, -0.05) is 5.92 Å². The fourth-order valence-electron chi connectivity index (χ4n) is 0.416. The molecule has 0 rings (SSSR count). The van der Waals surface area contributed by atoms with Crippen LogP contribution in [0.2, 0.25) is 0 Å². The van der Waals surface area contributed by atoms with E-state index in [0.29, 0.717) is 0 Å². The summed E-state index contributed by atoms with van der Waals surface area (Å²) >= 11 is 0. The molecule has 0 amide bonds. The van der Waals surface area contributed by atoms with E-state index < -0.39 is 6.16 Å². The highest BCUT2D eigenvalue weighted by Crippen LogP contribution is 1.81. The van der Waals surface area contributed by atoms with E-state index in [0.717, 1.165) is 0 Å². The van der Waals surface area contributed by atoms with Gasteiger partial charge in [-0.2, -0.15) is 0 Å². The van der Waals surface area contributed by atoms with Crippen LogP contribution in [0.1, 0.15) is 6.92 Å². The first-order valence-electron chi connectivity index (χ1n) is 3.64. The van der Waals surface area contributed by atoms with Gasteiger partial charge in [0.05, 0.1) is 6.61 Å². The van der Waals surface area contributed by atoms with Crippen molar-refractivity contribution < 1.29 is 19.0 Å². The number of rotatable bonds is 3. The standard InChI is InChI=1S/C9H10O4/c1-3-6-11-7-5-8-13-9(10)12-4-2/h1H,4,6-7H2,2H3. The van der Waals surface area contributed by atoms with Crippen LogP contribution in [0.5, 0.6) is 0 Å². The lowest BCUT2D eigenvalue weighted by molar-refractivity contribution is 0.0948. The number of terminal acetylenes is 1. The summed E-state index contributed by atoms with van der Waals surface area (Å²) in [7, 11) is 0. The third-order valence-corrected chi connectivity index (χ3v) is 0.828. The molecule has 0 bridgehead atoms. The largest absolute Gasteiger partial charge is 0.522 e. The minimum atomic E-state index is -0.813. The Morgan fingerprint density at radius 2 is 2.23 bits per heavy atom. The minimum absolute atomic E-state index is 0.129. The summed E-state index contributed by atoms with van der Waals surface area (Å²) < 4.78 is 13.5. The van der Waals surface area contributed by atoms with Crippen LogP contribution in [0.3, 0.4) is 0 Å². The second kappa shape index (κ2) is 8.45. The second-order valence-corrected chi connectivity index (χ2v) is 1.76. The van der Waals surface area contributed by atoms with Gasteiger partial charge in [-0.3, -0.25) is 0 Å². The molecule has 0 spiro atoms. The summed E-state index contributed by atoms with van der Waals surface area (Å²) in [6, 6.07) is 0. The van der Waals surface area contributed by atoms with Gasteiger partial charge in [0, 0.05) is 0 Å². The van der Waals surface area contributed by atoms with Gasteiger partial charge in [0.25, 0.3) is 0 Å². The van der Waals surface area contributed by atoms with E-state index in [2.05, 4.69) is 27.4 Å². The van der Waals surface area contributed by atoms with Crippen molar-refractivity contribution in [2.75, 3.05) is 19.8 Å². The maximum atomic E-state index is 10.5. The Hall–Kier alpha value is -1.65. The maximum Gasteiger partial charge on any atom is 0.522 e. The van der Waals surface area contributed by atoms with E-state index in [4.69, 9.17) is 11.2 Å². The first-order chi connectivity index (χ1) is 6.31. The van der Waals surface area contributed by atoms with Crippen LogP contribution in [0.15, 0.2) is 0 Å². The van der Waals surface area contributed by atoms with Crippen molar-refractivity contribution >= 4 is 6.16 Å². The van der Waals surface area contributed by atoms with Gasteiger partial charge in [0.1, 0.15) is 19.3 Å². The summed E-state index contributed by atoms with van der Waals surface area (Å²) in [5.41, 5.74) is 0. The van der Waals surface area contributed by atoms with Crippen LogP contribution in [-0.4, -0.2) is 26.0 Å². The molecule has 0 aliphatic rings. The number of hydrogen-bond donors (Lipinski definition) is 0. The Kier molecular flexibility index (Phi) is 7.37. The fraction of sp³-hybridized carbons (Fsp3) is 0.444. The normalized spacial score (nSPS) is 7.69. The molecule has 0 aromatic rings. The molecule has 0 atom stereocenters. The highest BCUT2D eigenvalue weighted by atomic mass is 16.7. The maximum absolute atomic E-state index is 10.5. The molecule has 0 aliphatic heterocycles. The smallest absolute Gasteiger partial charge is 0.434 e. The SMILES string of the molecule is C#CCOCC#COC(=O)OCC. The summed E-state index contributed by atoms with van der Waals surface area (Å²) in [5.74, 6) is 4.68. The van der Waals surface area contributed by atoms with Crippen molar-refractivity contribution in [1.82, 2.24) is 0 Å². The summed E-state index contributed by atoms with van der Waals surface area (Å²) in [6.45, 7) is 2.25. The van der Waals surface area contributed by atoms with Gasteiger partial charge < -0.3 is 14.2 Å². The molecule has 0 fully saturated rings. The monoisotopic (exact) mass is 182 g/mol. The summed E-state index contributed by atoms with van der Waals surface area (Å²) in [4.78, 5) is 10.5. The number of carbonyl (C=O) groups excluding carboxylic acids is 1. The molecule has 13 heavy (non-hydrogen) atoms. The third-order valence-electron chi connectivity index (χ3n) is 0.828. The van der Waals surface area contributed by atoms with E-state index in [1.807, 2.05) is 0 Å². The zero-order chi connectivity index (χ0) is 9.94. The zero-order valence-corrected chi connectivity index (χ0v) is 7.33. The lowest BCUT2D eigenvalue weighted by atomic mass is 10.7.